The summed E-state index contributed by atoms with van der Waals surface area (Å²) < 4.78 is 38.7. The molecule has 0 N–H and O–H groups in total. The van der Waals surface area contributed by atoms with Crippen LogP contribution in [0.25, 0.3) is 0 Å². The molecule has 0 radical (unpaired) electrons. The quantitative estimate of drug-likeness (QED) is 0.157. The number of carbonyl (C=O) groups excluding carboxylic acids is 1. The van der Waals surface area contributed by atoms with E-state index < -0.39 is 0 Å². The van der Waals surface area contributed by atoms with Gasteiger partial charge >= 0.3 is 0 Å². The largest absolute Gasteiger partial charge is 0.457 e. The third-order valence-corrected chi connectivity index (χ3v) is 8.13. The van der Waals surface area contributed by atoms with E-state index in [0.29, 0.717) is 33.7 Å². The van der Waals surface area contributed by atoms with Crippen molar-refractivity contribution in [1.29, 1.82) is 0 Å². The number of halogens is 4. The maximum atomic E-state index is 14.0. The van der Waals surface area contributed by atoms with E-state index in [4.69, 9.17) is 9.47 Å². The second kappa shape index (κ2) is 13.1. The van der Waals surface area contributed by atoms with E-state index >= 15 is 0 Å². The maximum Gasteiger partial charge on any atom is 0.149 e. The molecule has 0 bridgehead atoms. The number of aryl methyl sites for hydroxylation is 4. The van der Waals surface area contributed by atoms with Gasteiger partial charge in [0.2, 0.25) is 0 Å². The van der Waals surface area contributed by atoms with Crippen LogP contribution in [0.3, 0.4) is 0 Å². The van der Waals surface area contributed by atoms with Crippen LogP contribution in [-0.4, -0.2) is 16.4 Å². The van der Waals surface area contributed by atoms with Gasteiger partial charge in [-0.2, -0.15) is 0 Å². The van der Waals surface area contributed by atoms with Gasteiger partial charge in [0.25, 0.3) is 0 Å². The van der Waals surface area contributed by atoms with Gasteiger partial charge in [0, 0.05) is 10.7 Å². The van der Waals surface area contributed by atoms with E-state index in [1.807, 2.05) is 52.0 Å². The molecule has 3 nitrogen and oxygen atoms in total. The molecule has 0 aliphatic rings. The Kier molecular flexibility index (Phi) is 9.80. The molecule has 7 heteroatoms. The average molecular weight is 672 g/mol. The topological polar surface area (TPSA) is 35.5 Å². The molecule has 4 aromatic rings. The lowest BCUT2D eigenvalue weighted by Crippen LogP contribution is -2.23. The first-order valence-corrected chi connectivity index (χ1v) is 15.1. The monoisotopic (exact) mass is 670 g/mol. The first-order valence-electron chi connectivity index (χ1n) is 12.9. The molecule has 2 unspecified atom stereocenters. The first-order chi connectivity index (χ1) is 19.1. The van der Waals surface area contributed by atoms with E-state index in [0.717, 1.165) is 33.4 Å². The predicted octanol–water partition coefficient (Wildman–Crippen LogP) is 10.0. The fraction of sp³-hybridized carbons (Fsp3) is 0.242. The molecule has 0 fully saturated rings. The van der Waals surface area contributed by atoms with Crippen LogP contribution < -0.4 is 9.47 Å². The molecule has 0 spiro atoms. The third-order valence-electron chi connectivity index (χ3n) is 6.83. The fourth-order valence-corrected chi connectivity index (χ4v) is 6.22. The van der Waals surface area contributed by atoms with Crippen LogP contribution in [0.5, 0.6) is 23.0 Å². The van der Waals surface area contributed by atoms with Crippen LogP contribution >= 0.6 is 31.9 Å². The van der Waals surface area contributed by atoms with Crippen LogP contribution in [0.15, 0.2) is 72.8 Å². The van der Waals surface area contributed by atoms with Gasteiger partial charge in [-0.25, -0.2) is 8.78 Å². The van der Waals surface area contributed by atoms with Crippen molar-refractivity contribution in [3.05, 3.63) is 118 Å². The summed E-state index contributed by atoms with van der Waals surface area (Å²) in [6, 6.07) is 19.7. The Balaban J connectivity index is 1.59. The summed E-state index contributed by atoms with van der Waals surface area (Å²) in [5, 5.41) is 0.937. The minimum absolute atomic E-state index is 0.0887. The lowest BCUT2D eigenvalue weighted by Gasteiger charge is -2.23. The highest BCUT2D eigenvalue weighted by molar-refractivity contribution is 9.09. The first kappa shape index (κ1) is 29.9. The normalized spacial score (nSPS) is 12.6. The summed E-state index contributed by atoms with van der Waals surface area (Å²) in [5.74, 6) is 1.16. The van der Waals surface area contributed by atoms with E-state index in [9.17, 15) is 13.6 Å². The molecular formula is C33H30Br2F2O3. The number of alkyl halides is 2. The highest BCUT2D eigenvalue weighted by Crippen LogP contribution is 2.38. The molecule has 208 valence electrons. The van der Waals surface area contributed by atoms with Crippen LogP contribution in [0.2, 0.25) is 0 Å². The molecule has 0 aromatic heterocycles. The number of hydrogen-bond acceptors (Lipinski definition) is 3. The molecule has 0 aliphatic carbocycles. The number of carbonyl (C=O) groups is 1. The highest BCUT2D eigenvalue weighted by Gasteiger charge is 2.30. The number of benzene rings is 4. The molecule has 4 aromatic carbocycles. The van der Waals surface area contributed by atoms with Gasteiger partial charge in [0.1, 0.15) is 40.4 Å². The minimum atomic E-state index is -0.379. The summed E-state index contributed by atoms with van der Waals surface area (Å²) in [5.41, 5.74) is 5.37. The van der Waals surface area contributed by atoms with Crippen LogP contribution in [0, 0.1) is 39.3 Å². The smallest absolute Gasteiger partial charge is 0.149 e. The van der Waals surface area contributed by atoms with Crippen molar-refractivity contribution < 1.29 is 23.0 Å². The van der Waals surface area contributed by atoms with E-state index in [1.165, 1.54) is 24.3 Å². The molecule has 0 heterocycles. The second-order valence-corrected chi connectivity index (χ2v) is 11.2. The van der Waals surface area contributed by atoms with Crippen LogP contribution in [0.1, 0.15) is 45.2 Å². The van der Waals surface area contributed by atoms with Gasteiger partial charge in [-0.05, 0) is 110 Å². The van der Waals surface area contributed by atoms with Crippen molar-refractivity contribution in [2.75, 3.05) is 10.7 Å². The van der Waals surface area contributed by atoms with Crippen molar-refractivity contribution >= 4 is 37.6 Å². The van der Waals surface area contributed by atoms with E-state index in [2.05, 4.69) is 31.9 Å². The molecular weight excluding hydrogens is 642 g/mol. The summed E-state index contributed by atoms with van der Waals surface area (Å²) in [7, 11) is 0. The molecule has 0 saturated carbocycles. The fourth-order valence-electron chi connectivity index (χ4n) is 4.83. The maximum absolute atomic E-state index is 14.0. The highest BCUT2D eigenvalue weighted by atomic mass is 79.9. The summed E-state index contributed by atoms with van der Waals surface area (Å²) >= 11 is 7.17. The predicted molar refractivity (Wildman–Crippen MR) is 163 cm³/mol. The zero-order chi connectivity index (χ0) is 29.0. The van der Waals surface area contributed by atoms with Gasteiger partial charge in [-0.1, -0.05) is 56.1 Å². The molecule has 40 heavy (non-hydrogen) atoms. The molecule has 0 saturated heterocycles. The van der Waals surface area contributed by atoms with Crippen molar-refractivity contribution in [1.82, 2.24) is 0 Å². The van der Waals surface area contributed by atoms with Crippen molar-refractivity contribution in [2.24, 2.45) is 0 Å². The Hall–Kier alpha value is -3.03. The Morgan fingerprint density at radius 3 is 1.20 bits per heavy atom. The zero-order valence-corrected chi connectivity index (χ0v) is 25.9. The van der Waals surface area contributed by atoms with Gasteiger partial charge in [0.15, 0.2) is 0 Å². The lowest BCUT2D eigenvalue weighted by molar-refractivity contribution is -0.121. The van der Waals surface area contributed by atoms with Crippen LogP contribution in [-0.2, 0) is 4.79 Å². The number of ether oxygens (including phenoxy) is 2. The summed E-state index contributed by atoms with van der Waals surface area (Å²) in [6.07, 6.45) is 0. The zero-order valence-electron chi connectivity index (χ0n) is 22.7. The van der Waals surface area contributed by atoms with E-state index in [1.54, 1.807) is 24.3 Å². The Labute approximate surface area is 250 Å². The number of ketones is 1. The van der Waals surface area contributed by atoms with Crippen LogP contribution in [0.4, 0.5) is 8.78 Å². The molecule has 0 amide bonds. The SMILES string of the molecule is Cc1cc(C(CBr)C(=O)C(CBr)c2cc(C)c(Oc3ccc(F)cc3)c(C)c2)cc(C)c1Oc1ccc(F)cc1. The molecule has 2 atom stereocenters. The van der Waals surface area contributed by atoms with Gasteiger partial charge < -0.3 is 9.47 Å². The Morgan fingerprint density at radius 2 is 0.925 bits per heavy atom. The second-order valence-electron chi connectivity index (χ2n) is 9.90. The lowest BCUT2D eigenvalue weighted by atomic mass is 9.83. The molecule has 0 aliphatic heterocycles. The molecule has 4 rings (SSSR count). The Bertz CT molecular complexity index is 1340. The van der Waals surface area contributed by atoms with Gasteiger partial charge in [-0.15, -0.1) is 0 Å². The number of rotatable bonds is 10. The summed E-state index contributed by atoms with van der Waals surface area (Å²) in [6.45, 7) is 7.78. The van der Waals surface area contributed by atoms with Gasteiger partial charge in [-0.3, -0.25) is 4.79 Å². The van der Waals surface area contributed by atoms with E-state index in [-0.39, 0.29) is 29.3 Å². The Morgan fingerprint density at radius 1 is 0.625 bits per heavy atom. The standard InChI is InChI=1S/C33H30Br2F2O3/c1-19-13-23(14-20(2)32(19)39-27-9-5-25(36)6-10-27)29(17-34)31(38)30(18-35)24-15-21(3)33(22(4)16-24)40-28-11-7-26(37)8-12-28/h5-16,29-30H,17-18H2,1-4H3. The van der Waals surface area contributed by atoms with Crippen molar-refractivity contribution in [2.45, 2.75) is 39.5 Å². The number of hydrogen-bond donors (Lipinski definition) is 0. The summed E-state index contributed by atoms with van der Waals surface area (Å²) in [4.78, 5) is 14.0. The van der Waals surface area contributed by atoms with Crippen molar-refractivity contribution in [3.8, 4) is 23.0 Å². The number of Topliss-reactive ketones (excluding diaryl/α,β-unsaturated/α-hetero) is 1. The minimum Gasteiger partial charge on any atom is -0.457 e. The average Bonchev–Trinajstić information content (AvgIpc) is 2.91. The van der Waals surface area contributed by atoms with Gasteiger partial charge in [0.05, 0.1) is 11.8 Å². The third kappa shape index (κ3) is 6.81. The van der Waals surface area contributed by atoms with Crippen molar-refractivity contribution in [3.63, 3.8) is 0 Å².